The third kappa shape index (κ3) is 2.71. The molecular formula is C17H25N3O. The van der Waals surface area contributed by atoms with Crippen molar-refractivity contribution in [1.82, 2.24) is 15.1 Å². The van der Waals surface area contributed by atoms with Crippen LogP contribution in [0.3, 0.4) is 0 Å². The molecule has 0 spiro atoms. The van der Waals surface area contributed by atoms with Crippen molar-refractivity contribution >= 4 is 11.0 Å². The minimum atomic E-state index is 0.213. The van der Waals surface area contributed by atoms with Crippen molar-refractivity contribution in [3.63, 3.8) is 0 Å². The van der Waals surface area contributed by atoms with Crippen LogP contribution in [0, 0.1) is 6.92 Å². The summed E-state index contributed by atoms with van der Waals surface area (Å²) in [6, 6.07) is 9.14. The number of rotatable bonds is 3. The van der Waals surface area contributed by atoms with E-state index in [9.17, 15) is 0 Å². The van der Waals surface area contributed by atoms with Gasteiger partial charge in [-0.05, 0) is 39.7 Å². The summed E-state index contributed by atoms with van der Waals surface area (Å²) in [6.07, 6.45) is 0. The second kappa shape index (κ2) is 5.79. The Morgan fingerprint density at radius 2 is 2.10 bits per heavy atom. The Hall–Kier alpha value is -1.36. The van der Waals surface area contributed by atoms with Gasteiger partial charge in [0.05, 0.1) is 6.04 Å². The molecule has 3 rings (SSSR count). The van der Waals surface area contributed by atoms with Gasteiger partial charge in [0.2, 0.25) is 0 Å². The smallest absolute Gasteiger partial charge is 0.137 e. The number of aryl methyl sites for hydroxylation is 1. The Labute approximate surface area is 126 Å². The summed E-state index contributed by atoms with van der Waals surface area (Å²) in [6.45, 7) is 5.38. The third-order valence-electron chi connectivity index (χ3n) is 4.66. The minimum Gasteiger partial charge on any atom is -0.459 e. The molecule has 2 heterocycles. The predicted octanol–water partition coefficient (Wildman–Crippen LogP) is 2.25. The second-order valence-electron chi connectivity index (χ2n) is 6.22. The van der Waals surface area contributed by atoms with Gasteiger partial charge in [-0.1, -0.05) is 18.2 Å². The molecule has 0 amide bonds. The Morgan fingerprint density at radius 3 is 2.81 bits per heavy atom. The number of fused-ring (bicyclic) bond motifs is 1. The van der Waals surface area contributed by atoms with Gasteiger partial charge in [-0.3, -0.25) is 4.90 Å². The number of furan rings is 1. The summed E-state index contributed by atoms with van der Waals surface area (Å²) in [5.41, 5.74) is 2.21. The fraction of sp³-hybridized carbons (Fsp3) is 0.529. The van der Waals surface area contributed by atoms with Crippen LogP contribution in [0.1, 0.15) is 17.4 Å². The van der Waals surface area contributed by atoms with E-state index in [-0.39, 0.29) is 6.04 Å². The highest BCUT2D eigenvalue weighted by Crippen LogP contribution is 2.30. The molecule has 0 aliphatic carbocycles. The molecule has 114 valence electrons. The summed E-state index contributed by atoms with van der Waals surface area (Å²) >= 11 is 0. The van der Waals surface area contributed by atoms with Crippen molar-refractivity contribution in [2.24, 2.45) is 0 Å². The van der Waals surface area contributed by atoms with Gasteiger partial charge in [0, 0.05) is 31.1 Å². The number of benzene rings is 1. The lowest BCUT2D eigenvalue weighted by atomic mass is 10.0. The molecule has 0 bridgehead atoms. The van der Waals surface area contributed by atoms with Gasteiger partial charge in [0.15, 0.2) is 0 Å². The van der Waals surface area contributed by atoms with Crippen LogP contribution in [0.15, 0.2) is 28.7 Å². The summed E-state index contributed by atoms with van der Waals surface area (Å²) < 4.78 is 6.18. The van der Waals surface area contributed by atoms with Crippen LogP contribution in [-0.2, 0) is 0 Å². The number of piperazine rings is 1. The highest BCUT2D eigenvalue weighted by atomic mass is 16.3. The molecule has 1 N–H and O–H groups in total. The van der Waals surface area contributed by atoms with Gasteiger partial charge in [-0.2, -0.15) is 0 Å². The van der Waals surface area contributed by atoms with Crippen LogP contribution < -0.4 is 5.32 Å². The van der Waals surface area contributed by atoms with Crippen LogP contribution in [0.5, 0.6) is 0 Å². The lowest BCUT2D eigenvalue weighted by molar-refractivity contribution is 0.0842. The molecule has 1 aliphatic rings. The zero-order valence-corrected chi connectivity index (χ0v) is 13.4. The van der Waals surface area contributed by atoms with Gasteiger partial charge in [0.1, 0.15) is 11.3 Å². The largest absolute Gasteiger partial charge is 0.459 e. The third-order valence-corrected chi connectivity index (χ3v) is 4.66. The molecule has 2 unspecified atom stereocenters. The standard InChI is InChI=1S/C17H25N3O/c1-12-6-5-7-13-10-15(21-17(12)13)16(18-2)14-11-19(3)8-9-20(14)4/h5-7,10,14,16,18H,8-9,11H2,1-4H3. The van der Waals surface area contributed by atoms with Gasteiger partial charge in [0.25, 0.3) is 0 Å². The maximum Gasteiger partial charge on any atom is 0.137 e. The predicted molar refractivity (Wildman–Crippen MR) is 86.7 cm³/mol. The van der Waals surface area contributed by atoms with Crippen molar-refractivity contribution < 1.29 is 4.42 Å². The average Bonchev–Trinajstić information content (AvgIpc) is 2.89. The quantitative estimate of drug-likeness (QED) is 0.938. The first-order valence-corrected chi connectivity index (χ1v) is 7.65. The number of likely N-dealkylation sites (N-methyl/N-ethyl adjacent to an activating group) is 3. The molecule has 2 atom stereocenters. The van der Waals surface area contributed by atoms with E-state index < -0.39 is 0 Å². The maximum absolute atomic E-state index is 6.18. The first-order valence-electron chi connectivity index (χ1n) is 7.65. The van der Waals surface area contributed by atoms with E-state index in [2.05, 4.69) is 60.4 Å². The zero-order chi connectivity index (χ0) is 15.0. The summed E-state index contributed by atoms with van der Waals surface area (Å²) in [4.78, 5) is 4.82. The van der Waals surface area contributed by atoms with E-state index in [0.717, 1.165) is 31.0 Å². The highest BCUT2D eigenvalue weighted by molar-refractivity contribution is 5.81. The number of nitrogens with zero attached hydrogens (tertiary/aromatic N) is 2. The Bertz CT molecular complexity index is 622. The highest BCUT2D eigenvalue weighted by Gasteiger charge is 2.32. The molecule has 1 aromatic heterocycles. The maximum atomic E-state index is 6.18. The van der Waals surface area contributed by atoms with E-state index in [0.29, 0.717) is 6.04 Å². The van der Waals surface area contributed by atoms with E-state index in [4.69, 9.17) is 4.42 Å². The molecule has 4 heteroatoms. The van der Waals surface area contributed by atoms with Crippen LogP contribution >= 0.6 is 0 Å². The van der Waals surface area contributed by atoms with Crippen molar-refractivity contribution in [3.05, 3.63) is 35.6 Å². The van der Waals surface area contributed by atoms with Gasteiger partial charge in [-0.25, -0.2) is 0 Å². The molecule has 2 aromatic rings. The monoisotopic (exact) mass is 287 g/mol. The molecular weight excluding hydrogens is 262 g/mol. The molecule has 0 saturated carbocycles. The lowest BCUT2D eigenvalue weighted by Gasteiger charge is -2.41. The first kappa shape index (κ1) is 14.6. The number of hydrogen-bond acceptors (Lipinski definition) is 4. The SMILES string of the molecule is CNC(c1cc2cccc(C)c2o1)C1CN(C)CCN1C. The van der Waals surface area contributed by atoms with Crippen molar-refractivity contribution in [1.29, 1.82) is 0 Å². The van der Waals surface area contributed by atoms with Crippen LogP contribution in [-0.4, -0.2) is 56.6 Å². The second-order valence-corrected chi connectivity index (χ2v) is 6.22. The molecule has 4 nitrogen and oxygen atoms in total. The van der Waals surface area contributed by atoms with E-state index in [1.807, 2.05) is 7.05 Å². The molecule has 0 radical (unpaired) electrons. The van der Waals surface area contributed by atoms with Crippen molar-refractivity contribution in [3.8, 4) is 0 Å². The average molecular weight is 287 g/mol. The van der Waals surface area contributed by atoms with Crippen LogP contribution in [0.25, 0.3) is 11.0 Å². The van der Waals surface area contributed by atoms with Crippen LogP contribution in [0.4, 0.5) is 0 Å². The van der Waals surface area contributed by atoms with E-state index >= 15 is 0 Å². The fourth-order valence-electron chi connectivity index (χ4n) is 3.31. The summed E-state index contributed by atoms with van der Waals surface area (Å²) in [5.74, 6) is 1.04. The van der Waals surface area contributed by atoms with Gasteiger partial charge >= 0.3 is 0 Å². The van der Waals surface area contributed by atoms with Crippen molar-refractivity contribution in [2.45, 2.75) is 19.0 Å². The Morgan fingerprint density at radius 1 is 1.29 bits per heavy atom. The molecule has 1 aromatic carbocycles. The Kier molecular flexibility index (Phi) is 4.02. The zero-order valence-electron chi connectivity index (χ0n) is 13.4. The normalized spacial score (nSPS) is 22.8. The molecule has 21 heavy (non-hydrogen) atoms. The number of nitrogens with one attached hydrogen (secondary N) is 1. The number of para-hydroxylation sites is 1. The molecule has 1 fully saturated rings. The minimum absolute atomic E-state index is 0.213. The first-order chi connectivity index (χ1) is 10.1. The lowest BCUT2D eigenvalue weighted by Crippen LogP contribution is -2.54. The summed E-state index contributed by atoms with van der Waals surface area (Å²) in [5, 5.41) is 4.65. The van der Waals surface area contributed by atoms with E-state index in [1.54, 1.807) is 0 Å². The fourth-order valence-corrected chi connectivity index (χ4v) is 3.31. The topological polar surface area (TPSA) is 31.7 Å². The Balaban J connectivity index is 1.95. The van der Waals surface area contributed by atoms with E-state index in [1.165, 1.54) is 10.9 Å². The van der Waals surface area contributed by atoms with Crippen molar-refractivity contribution in [2.75, 3.05) is 40.8 Å². The molecule has 1 saturated heterocycles. The summed E-state index contributed by atoms with van der Waals surface area (Å²) in [7, 11) is 6.42. The van der Waals surface area contributed by atoms with Gasteiger partial charge < -0.3 is 14.6 Å². The molecule has 1 aliphatic heterocycles. The van der Waals surface area contributed by atoms with Gasteiger partial charge in [-0.15, -0.1) is 0 Å². The number of hydrogen-bond donors (Lipinski definition) is 1. The van der Waals surface area contributed by atoms with Crippen LogP contribution in [0.2, 0.25) is 0 Å².